The fraction of sp³-hybridized carbons (Fsp3) is 0.263. The highest BCUT2D eigenvalue weighted by atomic mass is 16.6. The molecule has 0 saturated heterocycles. The molecule has 1 amide bonds. The minimum absolute atomic E-state index is 0.262. The molecule has 144 valence electrons. The normalized spacial score (nSPS) is 10.4. The van der Waals surface area contributed by atoms with Crippen molar-refractivity contribution in [2.45, 2.75) is 0 Å². The standard InChI is InChI=1S/C19H22N2O6/c1-23-15-5-6-18(26-4)13(7-15)11-20-27-12-19(22)21-14-8-16(24-2)10-17(9-14)25-3/h5-11H,12H2,1-4H3,(H,21,22)/b20-11+. The number of ether oxygens (including phenoxy) is 4. The van der Waals surface area contributed by atoms with E-state index < -0.39 is 0 Å². The number of methoxy groups -OCH3 is 4. The molecule has 0 aliphatic carbocycles. The maximum Gasteiger partial charge on any atom is 0.265 e. The van der Waals surface area contributed by atoms with Gasteiger partial charge in [-0.1, -0.05) is 5.16 Å². The average Bonchev–Trinajstić information content (AvgIpc) is 2.70. The van der Waals surface area contributed by atoms with E-state index in [1.807, 2.05) is 0 Å². The van der Waals surface area contributed by atoms with E-state index in [0.29, 0.717) is 34.2 Å². The van der Waals surface area contributed by atoms with Crippen LogP contribution in [0, 0.1) is 0 Å². The van der Waals surface area contributed by atoms with Crippen LogP contribution in [0.5, 0.6) is 23.0 Å². The van der Waals surface area contributed by atoms with Crippen molar-refractivity contribution in [1.82, 2.24) is 0 Å². The summed E-state index contributed by atoms with van der Waals surface area (Å²) in [6, 6.07) is 10.3. The van der Waals surface area contributed by atoms with Gasteiger partial charge >= 0.3 is 0 Å². The predicted octanol–water partition coefficient (Wildman–Crippen LogP) is 2.71. The summed E-state index contributed by atoms with van der Waals surface area (Å²) in [7, 11) is 6.18. The van der Waals surface area contributed by atoms with Crippen molar-refractivity contribution in [2.75, 3.05) is 40.4 Å². The van der Waals surface area contributed by atoms with E-state index in [4.69, 9.17) is 23.8 Å². The van der Waals surface area contributed by atoms with Crippen LogP contribution < -0.4 is 24.3 Å². The highest BCUT2D eigenvalue weighted by Crippen LogP contribution is 2.25. The molecule has 0 radical (unpaired) electrons. The van der Waals surface area contributed by atoms with Crippen LogP contribution in [0.15, 0.2) is 41.6 Å². The number of benzene rings is 2. The van der Waals surface area contributed by atoms with Gasteiger partial charge in [0.1, 0.15) is 23.0 Å². The second-order valence-electron chi connectivity index (χ2n) is 5.27. The second kappa shape index (κ2) is 9.91. The van der Waals surface area contributed by atoms with Gasteiger partial charge in [0.2, 0.25) is 0 Å². The van der Waals surface area contributed by atoms with E-state index in [9.17, 15) is 4.79 Å². The van der Waals surface area contributed by atoms with Crippen molar-refractivity contribution < 1.29 is 28.6 Å². The number of amides is 1. The van der Waals surface area contributed by atoms with Gasteiger partial charge in [-0.25, -0.2) is 0 Å². The molecule has 1 N–H and O–H groups in total. The van der Waals surface area contributed by atoms with Crippen molar-refractivity contribution in [1.29, 1.82) is 0 Å². The highest BCUT2D eigenvalue weighted by molar-refractivity contribution is 5.92. The molecule has 0 aromatic heterocycles. The molecular weight excluding hydrogens is 352 g/mol. The zero-order valence-electron chi connectivity index (χ0n) is 15.6. The van der Waals surface area contributed by atoms with Gasteiger partial charge in [-0.15, -0.1) is 0 Å². The van der Waals surface area contributed by atoms with Crippen LogP contribution in [-0.4, -0.2) is 47.2 Å². The predicted molar refractivity (Wildman–Crippen MR) is 101 cm³/mol. The number of hydrogen-bond donors (Lipinski definition) is 1. The first kappa shape index (κ1) is 19.9. The van der Waals surface area contributed by atoms with Gasteiger partial charge in [-0.05, 0) is 18.2 Å². The van der Waals surface area contributed by atoms with E-state index in [0.717, 1.165) is 0 Å². The van der Waals surface area contributed by atoms with Crippen LogP contribution in [0.1, 0.15) is 5.56 Å². The molecule has 0 spiro atoms. The number of carbonyl (C=O) groups excluding carboxylic acids is 1. The molecule has 8 heteroatoms. The molecule has 0 atom stereocenters. The monoisotopic (exact) mass is 374 g/mol. The minimum atomic E-state index is -0.375. The summed E-state index contributed by atoms with van der Waals surface area (Å²) < 4.78 is 20.7. The van der Waals surface area contributed by atoms with Crippen LogP contribution >= 0.6 is 0 Å². The largest absolute Gasteiger partial charge is 0.497 e. The van der Waals surface area contributed by atoms with Crippen molar-refractivity contribution in [3.05, 3.63) is 42.0 Å². The Kier molecular flexibility index (Phi) is 7.30. The number of oxime groups is 1. The van der Waals surface area contributed by atoms with Gasteiger partial charge in [0.25, 0.3) is 5.91 Å². The van der Waals surface area contributed by atoms with Gasteiger partial charge in [-0.3, -0.25) is 4.79 Å². The fourth-order valence-electron chi connectivity index (χ4n) is 2.21. The quantitative estimate of drug-likeness (QED) is 0.536. The van der Waals surface area contributed by atoms with E-state index in [-0.39, 0.29) is 12.5 Å². The van der Waals surface area contributed by atoms with E-state index in [2.05, 4.69) is 10.5 Å². The number of nitrogens with one attached hydrogen (secondary N) is 1. The summed E-state index contributed by atoms with van der Waals surface area (Å²) in [5.41, 5.74) is 1.19. The van der Waals surface area contributed by atoms with E-state index in [1.54, 1.807) is 50.6 Å². The fourth-order valence-corrected chi connectivity index (χ4v) is 2.21. The van der Waals surface area contributed by atoms with Crippen molar-refractivity contribution in [3.63, 3.8) is 0 Å². The smallest absolute Gasteiger partial charge is 0.265 e. The summed E-state index contributed by atoms with van der Waals surface area (Å²) in [5.74, 6) is 2.01. The van der Waals surface area contributed by atoms with Crippen LogP contribution in [-0.2, 0) is 9.63 Å². The summed E-state index contributed by atoms with van der Waals surface area (Å²) in [6.45, 7) is -0.262. The number of carbonyl (C=O) groups is 1. The Labute approximate surface area is 157 Å². The summed E-state index contributed by atoms with van der Waals surface area (Å²) >= 11 is 0. The van der Waals surface area contributed by atoms with Crippen LogP contribution in [0.2, 0.25) is 0 Å². The lowest BCUT2D eigenvalue weighted by atomic mass is 10.2. The van der Waals surface area contributed by atoms with E-state index in [1.165, 1.54) is 20.4 Å². The minimum Gasteiger partial charge on any atom is -0.497 e. The average molecular weight is 374 g/mol. The lowest BCUT2D eigenvalue weighted by Crippen LogP contribution is -2.17. The molecule has 0 heterocycles. The molecule has 2 aromatic rings. The maximum atomic E-state index is 12.0. The van der Waals surface area contributed by atoms with Gasteiger partial charge in [0.15, 0.2) is 6.61 Å². The molecule has 0 aliphatic heterocycles. The van der Waals surface area contributed by atoms with Crippen LogP contribution in [0.3, 0.4) is 0 Å². The topological polar surface area (TPSA) is 87.6 Å². The van der Waals surface area contributed by atoms with Crippen molar-refractivity contribution >= 4 is 17.8 Å². The first-order valence-corrected chi connectivity index (χ1v) is 8.00. The molecule has 2 rings (SSSR count). The summed E-state index contributed by atoms with van der Waals surface area (Å²) in [4.78, 5) is 17.1. The van der Waals surface area contributed by atoms with Crippen molar-refractivity contribution in [2.24, 2.45) is 5.16 Å². The molecule has 0 aliphatic rings. The Hall–Kier alpha value is -3.42. The Balaban J connectivity index is 1.94. The molecular formula is C19H22N2O6. The Morgan fingerprint density at radius 3 is 2.19 bits per heavy atom. The highest BCUT2D eigenvalue weighted by Gasteiger charge is 2.07. The lowest BCUT2D eigenvalue weighted by molar-refractivity contribution is -0.120. The maximum absolute atomic E-state index is 12.0. The third kappa shape index (κ3) is 5.81. The molecule has 2 aromatic carbocycles. The third-order valence-electron chi connectivity index (χ3n) is 3.53. The lowest BCUT2D eigenvalue weighted by Gasteiger charge is -2.09. The molecule has 0 fully saturated rings. The van der Waals surface area contributed by atoms with Gasteiger partial charge in [0.05, 0.1) is 34.7 Å². The SMILES string of the molecule is COc1cc(NC(=O)CO/N=C/c2cc(OC)ccc2OC)cc(OC)c1. The molecule has 0 saturated carbocycles. The first-order valence-electron chi connectivity index (χ1n) is 8.00. The summed E-state index contributed by atoms with van der Waals surface area (Å²) in [5, 5.41) is 6.49. The van der Waals surface area contributed by atoms with Crippen LogP contribution in [0.25, 0.3) is 0 Å². The molecule has 27 heavy (non-hydrogen) atoms. The number of hydrogen-bond acceptors (Lipinski definition) is 7. The second-order valence-corrected chi connectivity index (χ2v) is 5.27. The summed E-state index contributed by atoms with van der Waals surface area (Å²) in [6.07, 6.45) is 1.45. The molecule has 8 nitrogen and oxygen atoms in total. The Morgan fingerprint density at radius 1 is 0.926 bits per heavy atom. The van der Waals surface area contributed by atoms with Gasteiger partial charge < -0.3 is 29.1 Å². The Morgan fingerprint density at radius 2 is 1.59 bits per heavy atom. The first-order chi connectivity index (χ1) is 13.1. The Bertz CT molecular complexity index is 785. The zero-order valence-corrected chi connectivity index (χ0v) is 15.6. The number of rotatable bonds is 9. The third-order valence-corrected chi connectivity index (χ3v) is 3.53. The van der Waals surface area contributed by atoms with E-state index >= 15 is 0 Å². The zero-order chi connectivity index (χ0) is 19.6. The van der Waals surface area contributed by atoms with Crippen LogP contribution in [0.4, 0.5) is 5.69 Å². The molecule has 0 unspecified atom stereocenters. The van der Waals surface area contributed by atoms with Gasteiger partial charge in [0, 0.05) is 29.4 Å². The molecule has 0 bridgehead atoms. The van der Waals surface area contributed by atoms with Crippen molar-refractivity contribution in [3.8, 4) is 23.0 Å². The number of nitrogens with zero attached hydrogens (tertiary/aromatic N) is 1. The van der Waals surface area contributed by atoms with Gasteiger partial charge in [-0.2, -0.15) is 0 Å². The number of anilines is 1.